The lowest BCUT2D eigenvalue weighted by atomic mass is 10.1. The Bertz CT molecular complexity index is 1370. The minimum absolute atomic E-state index is 0.188. The normalized spacial score (nSPS) is 13.3. The fourth-order valence-electron chi connectivity index (χ4n) is 3.30. The van der Waals surface area contributed by atoms with E-state index in [1.54, 1.807) is 24.3 Å². The molecule has 0 amide bonds. The average molecular weight is 481 g/mol. The molecule has 0 fully saturated rings. The molecule has 4 aromatic rings. The number of nitrogens with zero attached hydrogens (tertiary/aromatic N) is 2. The molecule has 1 unspecified atom stereocenters. The molecule has 10 heteroatoms. The van der Waals surface area contributed by atoms with E-state index in [-0.39, 0.29) is 11.6 Å². The van der Waals surface area contributed by atoms with E-state index < -0.39 is 14.6 Å². The summed E-state index contributed by atoms with van der Waals surface area (Å²) in [6.07, 6.45) is 5.79. The van der Waals surface area contributed by atoms with Gasteiger partial charge in [0.2, 0.25) is 0 Å². The third-order valence-corrected chi connectivity index (χ3v) is 5.42. The van der Waals surface area contributed by atoms with Gasteiger partial charge < -0.3 is 14.3 Å². The maximum Gasteiger partial charge on any atom is 0.285 e. The van der Waals surface area contributed by atoms with Gasteiger partial charge in [-0.15, -0.1) is 0 Å². The lowest BCUT2D eigenvalue weighted by Crippen LogP contribution is -2.38. The Morgan fingerprint density at radius 3 is 2.62 bits per heavy atom. The Labute approximate surface area is 195 Å². The number of halogens is 1. The monoisotopic (exact) mass is 481 g/mol. The van der Waals surface area contributed by atoms with Crippen molar-refractivity contribution in [1.29, 1.82) is 0 Å². The highest BCUT2D eigenvalue weighted by atomic mass is 31.2. The number of nitrogens with two attached hydrogens (primary N) is 1. The van der Waals surface area contributed by atoms with Crippen molar-refractivity contribution >= 4 is 25.8 Å². The Balaban J connectivity index is 1.44. The number of rotatable bonds is 8. The van der Waals surface area contributed by atoms with Crippen LogP contribution in [-0.2, 0) is 22.2 Å². The molecule has 34 heavy (non-hydrogen) atoms. The van der Waals surface area contributed by atoms with Crippen LogP contribution >= 0.6 is 7.82 Å². The first-order chi connectivity index (χ1) is 16.3. The first-order valence-corrected chi connectivity index (χ1v) is 11.7. The van der Waals surface area contributed by atoms with E-state index >= 15 is 0 Å². The number of aromatic nitrogens is 2. The molecule has 0 aliphatic carbocycles. The number of hydrogen-bond donors (Lipinski definition) is 2. The van der Waals surface area contributed by atoms with Gasteiger partial charge in [-0.25, -0.2) is 8.96 Å². The fourth-order valence-corrected chi connectivity index (χ4v) is 3.57. The lowest BCUT2D eigenvalue weighted by Gasteiger charge is -2.14. The van der Waals surface area contributed by atoms with Crippen LogP contribution in [0.25, 0.3) is 23.5 Å². The number of benzene rings is 2. The van der Waals surface area contributed by atoms with Crippen LogP contribution in [0.2, 0.25) is 0 Å². The first-order valence-electron chi connectivity index (χ1n) is 10.2. The minimum Gasteiger partial charge on any atom is -0.756 e. The topological polar surface area (TPSA) is 126 Å². The quantitative estimate of drug-likeness (QED) is 0.224. The number of anilines is 1. The molecule has 2 aromatic heterocycles. The highest BCUT2D eigenvalue weighted by Crippen LogP contribution is 2.30. The second kappa shape index (κ2) is 10.1. The van der Waals surface area contributed by atoms with Gasteiger partial charge in [0, 0.05) is 12.5 Å². The number of nitrogen functional groups attached to an aromatic ring is 1. The molecule has 0 spiro atoms. The number of pyridine rings is 1. The standard InChI is InChI=1S/C24H21FN3O5P/c25-20-4-1-3-18(13-20)9-6-17-7-10-19(11-8-17)14-21-15-23(33-27-21)22-5-2-12-28(24(22)26)16-32-34(29,30)31/h1-13,15,26H,14,16H2,(H2,29,30,31). The summed E-state index contributed by atoms with van der Waals surface area (Å²) in [6, 6.07) is 19.3. The van der Waals surface area contributed by atoms with Crippen molar-refractivity contribution < 1.29 is 32.4 Å². The third-order valence-electron chi connectivity index (χ3n) is 4.98. The molecule has 0 aliphatic rings. The van der Waals surface area contributed by atoms with Gasteiger partial charge in [-0.3, -0.25) is 14.8 Å². The van der Waals surface area contributed by atoms with Crippen LogP contribution in [-0.4, -0.2) is 10.1 Å². The van der Waals surface area contributed by atoms with Gasteiger partial charge in [-0.1, -0.05) is 53.7 Å². The van der Waals surface area contributed by atoms with Gasteiger partial charge in [0.15, 0.2) is 12.5 Å². The molecular weight excluding hydrogens is 460 g/mol. The summed E-state index contributed by atoms with van der Waals surface area (Å²) < 4.78 is 35.3. The largest absolute Gasteiger partial charge is 0.756 e. The van der Waals surface area contributed by atoms with Gasteiger partial charge in [0.25, 0.3) is 13.6 Å². The highest BCUT2D eigenvalue weighted by molar-refractivity contribution is 7.44. The van der Waals surface area contributed by atoms with Crippen LogP contribution in [0.15, 0.2) is 77.4 Å². The predicted molar refractivity (Wildman–Crippen MR) is 122 cm³/mol. The van der Waals surface area contributed by atoms with Crippen LogP contribution in [0, 0.1) is 5.82 Å². The van der Waals surface area contributed by atoms with Crippen molar-refractivity contribution in [3.63, 3.8) is 0 Å². The molecule has 1 atom stereocenters. The molecule has 3 N–H and O–H groups in total. The van der Waals surface area contributed by atoms with Crippen molar-refractivity contribution in [2.45, 2.75) is 13.2 Å². The van der Waals surface area contributed by atoms with E-state index in [0.29, 0.717) is 23.4 Å². The first kappa shape index (κ1) is 23.5. The second-order valence-electron chi connectivity index (χ2n) is 7.49. The van der Waals surface area contributed by atoms with Crippen molar-refractivity contribution in [2.24, 2.45) is 0 Å². The van der Waals surface area contributed by atoms with Gasteiger partial charge >= 0.3 is 0 Å². The Kier molecular flexibility index (Phi) is 7.00. The van der Waals surface area contributed by atoms with Crippen LogP contribution in [0.4, 0.5) is 10.2 Å². The fraction of sp³-hybridized carbons (Fsp3) is 0.0833. The molecule has 0 aliphatic heterocycles. The molecular formula is C24H21FN3O5P. The zero-order valence-electron chi connectivity index (χ0n) is 17.9. The van der Waals surface area contributed by atoms with Crippen molar-refractivity contribution in [3.8, 4) is 11.3 Å². The van der Waals surface area contributed by atoms with Crippen LogP contribution in [0.1, 0.15) is 22.4 Å². The maximum atomic E-state index is 13.3. The Hall–Kier alpha value is -3.62. The molecule has 8 nitrogen and oxygen atoms in total. The van der Waals surface area contributed by atoms with Crippen LogP contribution < -0.4 is 15.2 Å². The summed E-state index contributed by atoms with van der Waals surface area (Å²) in [5, 5.41) is 4.10. The summed E-state index contributed by atoms with van der Waals surface area (Å²) in [4.78, 5) is 19.6. The molecule has 174 valence electrons. The van der Waals surface area contributed by atoms with E-state index in [1.807, 2.05) is 42.5 Å². The molecule has 2 heterocycles. The molecule has 2 aromatic carbocycles. The minimum atomic E-state index is -4.88. The number of phosphoric acid groups is 1. The van der Waals surface area contributed by atoms with Crippen LogP contribution in [0.3, 0.4) is 0 Å². The Morgan fingerprint density at radius 1 is 1.12 bits per heavy atom. The summed E-state index contributed by atoms with van der Waals surface area (Å²) in [7, 11) is -4.88. The van der Waals surface area contributed by atoms with E-state index in [4.69, 9.17) is 15.2 Å². The van der Waals surface area contributed by atoms with E-state index in [1.165, 1.54) is 22.9 Å². The maximum absolute atomic E-state index is 13.3. The summed E-state index contributed by atoms with van der Waals surface area (Å²) in [6.45, 7) is -0.474. The third kappa shape index (κ3) is 6.24. The molecule has 4 rings (SSSR count). The van der Waals surface area contributed by atoms with Crippen molar-refractivity contribution in [2.75, 3.05) is 5.73 Å². The van der Waals surface area contributed by atoms with Crippen molar-refractivity contribution in [3.05, 3.63) is 101 Å². The lowest BCUT2D eigenvalue weighted by molar-refractivity contribution is -0.712. The summed E-state index contributed by atoms with van der Waals surface area (Å²) in [5.41, 5.74) is 10.1. The molecule has 0 radical (unpaired) electrons. The molecule has 0 saturated heterocycles. The zero-order valence-corrected chi connectivity index (χ0v) is 18.8. The smallest absolute Gasteiger partial charge is 0.285 e. The summed E-state index contributed by atoms with van der Waals surface area (Å²) in [5.74, 6) is 0.321. The van der Waals surface area contributed by atoms with E-state index in [2.05, 4.69) is 9.68 Å². The second-order valence-corrected chi connectivity index (χ2v) is 8.69. The van der Waals surface area contributed by atoms with Gasteiger partial charge in [0.1, 0.15) is 11.4 Å². The van der Waals surface area contributed by atoms with E-state index in [9.17, 15) is 13.8 Å². The average Bonchev–Trinajstić information content (AvgIpc) is 3.25. The zero-order chi connectivity index (χ0) is 24.1. The van der Waals surface area contributed by atoms with E-state index in [0.717, 1.165) is 16.7 Å². The predicted octanol–water partition coefficient (Wildman–Crippen LogP) is 3.55. The van der Waals surface area contributed by atoms with Crippen molar-refractivity contribution in [1.82, 2.24) is 5.16 Å². The Morgan fingerprint density at radius 2 is 1.88 bits per heavy atom. The number of phosphoric ester groups is 1. The number of hydrogen-bond acceptors (Lipinski definition) is 6. The summed E-state index contributed by atoms with van der Waals surface area (Å²) >= 11 is 0. The van der Waals surface area contributed by atoms with Gasteiger partial charge in [-0.2, -0.15) is 0 Å². The van der Waals surface area contributed by atoms with Crippen LogP contribution in [0.5, 0.6) is 0 Å². The SMILES string of the molecule is Nc1c(-c2cc(Cc3ccc(C=Cc4cccc(F)c4)cc3)no2)ccc[n+]1COP(=O)([O-])O. The van der Waals surface area contributed by atoms with Gasteiger partial charge in [0.05, 0.1) is 11.9 Å². The highest BCUT2D eigenvalue weighted by Gasteiger charge is 2.18. The molecule has 0 saturated carbocycles. The van der Waals surface area contributed by atoms with Gasteiger partial charge in [-0.05, 0) is 41.0 Å². The molecule has 0 bridgehead atoms.